The molecule has 1 amide bonds. The first-order valence-corrected chi connectivity index (χ1v) is 7.51. The van der Waals surface area contributed by atoms with Gasteiger partial charge in [0.15, 0.2) is 0 Å². The zero-order chi connectivity index (χ0) is 12.6. The van der Waals surface area contributed by atoms with E-state index in [9.17, 15) is 4.79 Å². The van der Waals surface area contributed by atoms with Crippen LogP contribution in [0.25, 0.3) is 0 Å². The lowest BCUT2D eigenvalue weighted by Crippen LogP contribution is -2.56. The standard InChI is InChI=1S/C14H25N3O/c15-14(6-1-2-7-14)13(18)16-11-5-9-17-8-3-4-12(17)10-11/h11-12H,1-10,15H2,(H,16,18). The molecule has 4 nitrogen and oxygen atoms in total. The minimum atomic E-state index is -0.563. The van der Waals surface area contributed by atoms with Crippen LogP contribution in [0.1, 0.15) is 51.4 Å². The molecular weight excluding hydrogens is 226 g/mol. The van der Waals surface area contributed by atoms with Gasteiger partial charge < -0.3 is 16.0 Å². The van der Waals surface area contributed by atoms with Gasteiger partial charge in [-0.15, -0.1) is 0 Å². The lowest BCUT2D eigenvalue weighted by Gasteiger charge is -2.36. The molecule has 18 heavy (non-hydrogen) atoms. The van der Waals surface area contributed by atoms with Crippen molar-refractivity contribution in [3.05, 3.63) is 0 Å². The predicted octanol–water partition coefficient (Wildman–Crippen LogP) is 1.00. The van der Waals surface area contributed by atoms with E-state index in [1.54, 1.807) is 0 Å². The Balaban J connectivity index is 1.55. The van der Waals surface area contributed by atoms with Crippen LogP contribution in [0.15, 0.2) is 0 Å². The van der Waals surface area contributed by atoms with Crippen LogP contribution in [0.5, 0.6) is 0 Å². The number of hydrogen-bond donors (Lipinski definition) is 2. The Morgan fingerprint density at radius 3 is 2.72 bits per heavy atom. The summed E-state index contributed by atoms with van der Waals surface area (Å²) in [4.78, 5) is 14.9. The molecule has 2 aliphatic heterocycles. The first-order valence-electron chi connectivity index (χ1n) is 7.51. The molecule has 3 aliphatic rings. The van der Waals surface area contributed by atoms with Crippen molar-refractivity contribution in [2.75, 3.05) is 13.1 Å². The lowest BCUT2D eigenvalue weighted by molar-refractivity contribution is -0.127. The van der Waals surface area contributed by atoms with Crippen LogP contribution in [-0.2, 0) is 4.79 Å². The highest BCUT2D eigenvalue weighted by Gasteiger charge is 2.39. The fraction of sp³-hybridized carbons (Fsp3) is 0.929. The van der Waals surface area contributed by atoms with Crippen LogP contribution in [-0.4, -0.2) is 41.5 Å². The van der Waals surface area contributed by atoms with Crippen LogP contribution in [0.4, 0.5) is 0 Å². The average Bonchev–Trinajstić information content (AvgIpc) is 2.98. The molecule has 1 saturated carbocycles. The number of hydrogen-bond acceptors (Lipinski definition) is 3. The molecule has 2 atom stereocenters. The smallest absolute Gasteiger partial charge is 0.240 e. The summed E-state index contributed by atoms with van der Waals surface area (Å²) in [6.07, 6.45) is 8.78. The number of carbonyl (C=O) groups is 1. The molecule has 1 aliphatic carbocycles. The average molecular weight is 251 g/mol. The molecule has 3 rings (SSSR count). The van der Waals surface area contributed by atoms with Gasteiger partial charge in [0.05, 0.1) is 5.54 Å². The SMILES string of the molecule is NC1(C(=O)NC2CCN3CCCC3C2)CCCC1. The largest absolute Gasteiger partial charge is 0.352 e. The first kappa shape index (κ1) is 12.4. The number of piperidine rings is 1. The number of nitrogens with zero attached hydrogens (tertiary/aromatic N) is 1. The second-order valence-corrected chi connectivity index (χ2v) is 6.39. The normalized spacial score (nSPS) is 35.4. The minimum absolute atomic E-state index is 0.108. The van der Waals surface area contributed by atoms with Crippen LogP contribution < -0.4 is 11.1 Å². The van der Waals surface area contributed by atoms with E-state index < -0.39 is 5.54 Å². The molecule has 0 aromatic heterocycles. The van der Waals surface area contributed by atoms with Crippen molar-refractivity contribution < 1.29 is 4.79 Å². The molecular formula is C14H25N3O. The van der Waals surface area contributed by atoms with Crippen molar-refractivity contribution in [2.45, 2.75) is 69.0 Å². The molecule has 3 N–H and O–H groups in total. The Bertz CT molecular complexity index is 325. The number of nitrogens with two attached hydrogens (primary N) is 1. The van der Waals surface area contributed by atoms with Gasteiger partial charge in [0.2, 0.25) is 5.91 Å². The second-order valence-electron chi connectivity index (χ2n) is 6.39. The summed E-state index contributed by atoms with van der Waals surface area (Å²) in [5, 5.41) is 3.22. The summed E-state index contributed by atoms with van der Waals surface area (Å²) >= 11 is 0. The van der Waals surface area contributed by atoms with E-state index in [0.29, 0.717) is 12.1 Å². The zero-order valence-electron chi connectivity index (χ0n) is 11.2. The summed E-state index contributed by atoms with van der Waals surface area (Å²) in [6, 6.07) is 1.07. The highest BCUT2D eigenvalue weighted by atomic mass is 16.2. The molecule has 4 heteroatoms. The summed E-state index contributed by atoms with van der Waals surface area (Å²) in [6.45, 7) is 2.40. The van der Waals surface area contributed by atoms with Crippen LogP contribution in [0.2, 0.25) is 0 Å². The summed E-state index contributed by atoms with van der Waals surface area (Å²) in [5.41, 5.74) is 5.64. The van der Waals surface area contributed by atoms with Crippen molar-refractivity contribution in [1.82, 2.24) is 10.2 Å². The van der Waals surface area contributed by atoms with E-state index in [1.165, 1.54) is 19.4 Å². The molecule has 102 valence electrons. The summed E-state index contributed by atoms with van der Waals surface area (Å²) < 4.78 is 0. The van der Waals surface area contributed by atoms with Gasteiger partial charge >= 0.3 is 0 Å². The lowest BCUT2D eigenvalue weighted by atomic mass is 9.94. The molecule has 0 aromatic rings. The van der Waals surface area contributed by atoms with Crippen molar-refractivity contribution in [1.29, 1.82) is 0 Å². The second kappa shape index (κ2) is 4.82. The van der Waals surface area contributed by atoms with E-state index in [-0.39, 0.29) is 5.91 Å². The van der Waals surface area contributed by atoms with E-state index in [1.807, 2.05) is 0 Å². The Morgan fingerprint density at radius 1 is 1.17 bits per heavy atom. The maximum absolute atomic E-state index is 12.3. The quantitative estimate of drug-likeness (QED) is 0.770. The van der Waals surface area contributed by atoms with Gasteiger partial charge in [-0.2, -0.15) is 0 Å². The van der Waals surface area contributed by atoms with Gasteiger partial charge in [-0.25, -0.2) is 0 Å². The highest BCUT2D eigenvalue weighted by Crippen LogP contribution is 2.29. The topological polar surface area (TPSA) is 58.4 Å². The number of fused-ring (bicyclic) bond motifs is 1. The third-order valence-electron chi connectivity index (χ3n) is 5.10. The van der Waals surface area contributed by atoms with Gasteiger partial charge in [0, 0.05) is 18.6 Å². The first-order chi connectivity index (χ1) is 8.67. The van der Waals surface area contributed by atoms with Gasteiger partial charge in [0.1, 0.15) is 0 Å². The van der Waals surface area contributed by atoms with Crippen molar-refractivity contribution in [3.8, 4) is 0 Å². The number of carbonyl (C=O) groups excluding carboxylic acids is 1. The Morgan fingerprint density at radius 2 is 1.94 bits per heavy atom. The molecule has 3 fully saturated rings. The Kier molecular flexibility index (Phi) is 3.32. The van der Waals surface area contributed by atoms with Crippen molar-refractivity contribution >= 4 is 5.91 Å². The molecule has 0 aromatic carbocycles. The van der Waals surface area contributed by atoms with Crippen molar-refractivity contribution in [3.63, 3.8) is 0 Å². The number of amides is 1. The summed E-state index contributed by atoms with van der Waals surface area (Å²) in [5.74, 6) is 0.108. The molecule has 2 saturated heterocycles. The van der Waals surface area contributed by atoms with Gasteiger partial charge in [-0.1, -0.05) is 12.8 Å². The molecule has 2 unspecified atom stereocenters. The summed E-state index contributed by atoms with van der Waals surface area (Å²) in [7, 11) is 0. The molecule has 0 spiro atoms. The third-order valence-corrected chi connectivity index (χ3v) is 5.10. The van der Waals surface area contributed by atoms with E-state index >= 15 is 0 Å². The van der Waals surface area contributed by atoms with Gasteiger partial charge in [-0.05, 0) is 45.1 Å². The van der Waals surface area contributed by atoms with Gasteiger partial charge in [-0.3, -0.25) is 4.79 Å². The predicted molar refractivity (Wildman–Crippen MR) is 71.1 cm³/mol. The van der Waals surface area contributed by atoms with E-state index in [0.717, 1.165) is 45.1 Å². The number of rotatable bonds is 2. The van der Waals surface area contributed by atoms with Crippen molar-refractivity contribution in [2.24, 2.45) is 5.73 Å². The van der Waals surface area contributed by atoms with Gasteiger partial charge in [0.25, 0.3) is 0 Å². The van der Waals surface area contributed by atoms with Crippen LogP contribution in [0.3, 0.4) is 0 Å². The van der Waals surface area contributed by atoms with Crippen LogP contribution in [0, 0.1) is 0 Å². The minimum Gasteiger partial charge on any atom is -0.352 e. The Hall–Kier alpha value is -0.610. The molecule has 2 heterocycles. The zero-order valence-corrected chi connectivity index (χ0v) is 11.2. The fourth-order valence-electron chi connectivity index (χ4n) is 3.92. The molecule has 0 bridgehead atoms. The monoisotopic (exact) mass is 251 g/mol. The Labute approximate surface area is 109 Å². The number of nitrogens with one attached hydrogen (secondary N) is 1. The van der Waals surface area contributed by atoms with E-state index in [2.05, 4.69) is 10.2 Å². The maximum Gasteiger partial charge on any atom is 0.240 e. The third kappa shape index (κ3) is 2.28. The maximum atomic E-state index is 12.3. The molecule has 0 radical (unpaired) electrons. The fourth-order valence-corrected chi connectivity index (χ4v) is 3.92. The highest BCUT2D eigenvalue weighted by molar-refractivity contribution is 5.86. The van der Waals surface area contributed by atoms with Crippen LogP contribution >= 0.6 is 0 Å². The van der Waals surface area contributed by atoms with E-state index in [4.69, 9.17) is 5.73 Å².